The Morgan fingerprint density at radius 1 is 1.44 bits per heavy atom. The molecule has 3 N–H and O–H groups in total. The minimum absolute atomic E-state index is 0.0120. The van der Waals surface area contributed by atoms with E-state index < -0.39 is 24.5 Å². The van der Waals surface area contributed by atoms with E-state index in [2.05, 4.69) is 15.5 Å². The molecule has 0 radical (unpaired) electrons. The maximum absolute atomic E-state index is 11.3. The molecule has 1 aromatic rings. The third kappa shape index (κ3) is 3.44. The van der Waals surface area contributed by atoms with Crippen LogP contribution in [-0.2, 0) is 4.79 Å². The number of amides is 1. The lowest BCUT2D eigenvalue weighted by molar-refractivity contribution is -0.146. The molecular weight excluding hydrogens is 238 g/mol. The molecular formula is C8H8ClN3O4. The highest BCUT2D eigenvalue weighted by molar-refractivity contribution is 6.29. The van der Waals surface area contributed by atoms with E-state index in [1.54, 1.807) is 0 Å². The highest BCUT2D eigenvalue weighted by atomic mass is 35.5. The lowest BCUT2D eigenvalue weighted by Gasteiger charge is -2.06. The van der Waals surface area contributed by atoms with Crippen molar-refractivity contribution in [2.45, 2.75) is 6.10 Å². The molecule has 0 spiro atoms. The number of carboxylic acids is 1. The summed E-state index contributed by atoms with van der Waals surface area (Å²) in [5.41, 5.74) is -0.0120. The zero-order chi connectivity index (χ0) is 12.1. The highest BCUT2D eigenvalue weighted by Crippen LogP contribution is 2.01. The van der Waals surface area contributed by atoms with Gasteiger partial charge in [0.2, 0.25) is 0 Å². The molecule has 0 saturated carbocycles. The van der Waals surface area contributed by atoms with Gasteiger partial charge in [-0.3, -0.25) is 4.79 Å². The molecule has 1 aromatic heterocycles. The summed E-state index contributed by atoms with van der Waals surface area (Å²) in [5, 5.41) is 26.5. The van der Waals surface area contributed by atoms with Gasteiger partial charge in [0.1, 0.15) is 0 Å². The number of nitrogens with zero attached hydrogens (tertiary/aromatic N) is 2. The van der Waals surface area contributed by atoms with Crippen LogP contribution in [0.4, 0.5) is 0 Å². The summed E-state index contributed by atoms with van der Waals surface area (Å²) in [4.78, 5) is 21.6. The number of carboxylic acid groups (broad SMARTS) is 1. The fourth-order valence-electron chi connectivity index (χ4n) is 0.804. The smallest absolute Gasteiger partial charge is 0.334 e. The van der Waals surface area contributed by atoms with E-state index in [4.69, 9.17) is 21.8 Å². The minimum Gasteiger partial charge on any atom is -0.479 e. The zero-order valence-corrected chi connectivity index (χ0v) is 8.68. The minimum atomic E-state index is -1.65. The molecule has 0 fully saturated rings. The third-order valence-corrected chi connectivity index (χ3v) is 1.81. The normalized spacial score (nSPS) is 11.9. The van der Waals surface area contributed by atoms with Crippen molar-refractivity contribution in [1.82, 2.24) is 15.5 Å². The highest BCUT2D eigenvalue weighted by Gasteiger charge is 2.15. The first-order valence-corrected chi connectivity index (χ1v) is 4.57. The van der Waals surface area contributed by atoms with Crippen LogP contribution in [0.15, 0.2) is 12.1 Å². The van der Waals surface area contributed by atoms with Gasteiger partial charge in [0.25, 0.3) is 5.91 Å². The second kappa shape index (κ2) is 5.38. The molecule has 0 aliphatic rings. The van der Waals surface area contributed by atoms with E-state index >= 15 is 0 Å². The van der Waals surface area contributed by atoms with Gasteiger partial charge in [0, 0.05) is 0 Å². The molecule has 7 nitrogen and oxygen atoms in total. The van der Waals surface area contributed by atoms with Gasteiger partial charge >= 0.3 is 5.97 Å². The van der Waals surface area contributed by atoms with Gasteiger partial charge in [0.15, 0.2) is 17.0 Å². The Balaban J connectivity index is 2.53. The summed E-state index contributed by atoms with van der Waals surface area (Å²) in [6.07, 6.45) is -1.65. The predicted octanol–water partition coefficient (Wildman–Crippen LogP) is -0.695. The Morgan fingerprint density at radius 2 is 2.12 bits per heavy atom. The number of halogens is 1. The molecule has 1 heterocycles. The van der Waals surface area contributed by atoms with E-state index in [1.807, 2.05) is 0 Å². The molecule has 86 valence electrons. The summed E-state index contributed by atoms with van der Waals surface area (Å²) < 4.78 is 0. The van der Waals surface area contributed by atoms with E-state index in [0.29, 0.717) is 0 Å². The first-order valence-electron chi connectivity index (χ1n) is 4.19. The van der Waals surface area contributed by atoms with Crippen LogP contribution in [0.25, 0.3) is 0 Å². The van der Waals surface area contributed by atoms with Crippen LogP contribution in [0.2, 0.25) is 5.15 Å². The van der Waals surface area contributed by atoms with Crippen LogP contribution < -0.4 is 5.32 Å². The number of hydrogen-bond acceptors (Lipinski definition) is 5. The Hall–Kier alpha value is -1.73. The number of aliphatic hydroxyl groups is 1. The van der Waals surface area contributed by atoms with Crippen molar-refractivity contribution in [1.29, 1.82) is 0 Å². The topological polar surface area (TPSA) is 112 Å². The van der Waals surface area contributed by atoms with Gasteiger partial charge in [-0.15, -0.1) is 10.2 Å². The fraction of sp³-hybridized carbons (Fsp3) is 0.250. The molecule has 0 aliphatic carbocycles. The quantitative estimate of drug-likeness (QED) is 0.647. The van der Waals surface area contributed by atoms with Crippen molar-refractivity contribution in [3.05, 3.63) is 23.0 Å². The average Bonchev–Trinajstić information content (AvgIpc) is 2.26. The van der Waals surface area contributed by atoms with E-state index in [0.717, 1.165) is 0 Å². The van der Waals surface area contributed by atoms with Gasteiger partial charge in [-0.1, -0.05) is 11.6 Å². The second-order valence-corrected chi connectivity index (χ2v) is 3.19. The molecule has 0 saturated heterocycles. The van der Waals surface area contributed by atoms with Crippen molar-refractivity contribution in [2.24, 2.45) is 0 Å². The standard InChI is InChI=1S/C8H8ClN3O4/c9-6-2-1-4(11-12-6)7(14)10-3-5(13)8(15)16/h1-2,5,13H,3H2,(H,10,14)(H,15,16). The Bertz CT molecular complexity index is 395. The van der Waals surface area contributed by atoms with Gasteiger partial charge in [0.05, 0.1) is 6.54 Å². The summed E-state index contributed by atoms with van der Waals surface area (Å²) in [7, 11) is 0. The van der Waals surface area contributed by atoms with Crippen molar-refractivity contribution in [3.63, 3.8) is 0 Å². The number of nitrogens with one attached hydrogen (secondary N) is 1. The molecule has 1 atom stereocenters. The van der Waals surface area contributed by atoms with E-state index in [-0.39, 0.29) is 10.8 Å². The van der Waals surface area contributed by atoms with Crippen LogP contribution in [-0.4, -0.2) is 44.9 Å². The monoisotopic (exact) mass is 245 g/mol. The van der Waals surface area contributed by atoms with Crippen molar-refractivity contribution < 1.29 is 19.8 Å². The largest absolute Gasteiger partial charge is 0.479 e. The number of carbonyl (C=O) groups is 2. The first-order chi connectivity index (χ1) is 7.50. The second-order valence-electron chi connectivity index (χ2n) is 2.81. The Kier molecular flexibility index (Phi) is 4.15. The number of aliphatic hydroxyl groups excluding tert-OH is 1. The van der Waals surface area contributed by atoms with E-state index in [9.17, 15) is 9.59 Å². The Labute approximate surface area is 95.1 Å². The van der Waals surface area contributed by atoms with Gasteiger partial charge in [-0.2, -0.15) is 0 Å². The Morgan fingerprint density at radius 3 is 2.62 bits per heavy atom. The lowest BCUT2D eigenvalue weighted by Crippen LogP contribution is -2.36. The molecule has 1 rings (SSSR count). The van der Waals surface area contributed by atoms with Gasteiger partial charge in [-0.25, -0.2) is 4.79 Å². The van der Waals surface area contributed by atoms with Gasteiger partial charge < -0.3 is 15.5 Å². The van der Waals surface area contributed by atoms with Gasteiger partial charge in [-0.05, 0) is 12.1 Å². The van der Waals surface area contributed by atoms with Crippen LogP contribution in [0.5, 0.6) is 0 Å². The van der Waals surface area contributed by atoms with Crippen molar-refractivity contribution >= 4 is 23.5 Å². The number of aromatic nitrogens is 2. The summed E-state index contributed by atoms with van der Waals surface area (Å²) in [5.74, 6) is -2.05. The number of hydrogen-bond donors (Lipinski definition) is 3. The van der Waals surface area contributed by atoms with Crippen LogP contribution in [0.1, 0.15) is 10.5 Å². The number of carbonyl (C=O) groups excluding carboxylic acids is 1. The summed E-state index contributed by atoms with van der Waals surface area (Å²) in [6, 6.07) is 2.70. The molecule has 1 unspecified atom stereocenters. The maximum Gasteiger partial charge on any atom is 0.334 e. The first kappa shape index (κ1) is 12.3. The van der Waals surface area contributed by atoms with Crippen LogP contribution in [0.3, 0.4) is 0 Å². The lowest BCUT2D eigenvalue weighted by atomic mass is 10.3. The van der Waals surface area contributed by atoms with E-state index in [1.165, 1.54) is 12.1 Å². The fourth-order valence-corrected chi connectivity index (χ4v) is 0.905. The third-order valence-electron chi connectivity index (χ3n) is 1.61. The maximum atomic E-state index is 11.3. The average molecular weight is 246 g/mol. The van der Waals surface area contributed by atoms with Crippen LogP contribution >= 0.6 is 11.6 Å². The summed E-state index contributed by atoms with van der Waals surface area (Å²) in [6.45, 7) is -0.404. The molecule has 1 amide bonds. The molecule has 0 bridgehead atoms. The van der Waals surface area contributed by atoms with Crippen molar-refractivity contribution in [2.75, 3.05) is 6.54 Å². The van der Waals surface area contributed by atoms with Crippen molar-refractivity contribution in [3.8, 4) is 0 Å². The molecule has 0 aliphatic heterocycles. The SMILES string of the molecule is O=C(NCC(O)C(=O)O)c1ccc(Cl)nn1. The predicted molar refractivity (Wildman–Crippen MR) is 53.0 cm³/mol. The van der Waals surface area contributed by atoms with Crippen LogP contribution in [0, 0.1) is 0 Å². The molecule has 0 aromatic carbocycles. The number of rotatable bonds is 4. The molecule has 16 heavy (non-hydrogen) atoms. The zero-order valence-electron chi connectivity index (χ0n) is 7.92. The summed E-state index contributed by atoms with van der Waals surface area (Å²) >= 11 is 5.46. The molecule has 8 heteroatoms. The number of aliphatic carboxylic acids is 1.